The van der Waals surface area contributed by atoms with E-state index in [1.807, 2.05) is 18.2 Å². The van der Waals surface area contributed by atoms with Crippen LogP contribution in [0.4, 0.5) is 17.7 Å². The third kappa shape index (κ3) is 6.22. The highest BCUT2D eigenvalue weighted by atomic mass is 35.5. The van der Waals surface area contributed by atoms with E-state index >= 15 is 0 Å². The van der Waals surface area contributed by atoms with E-state index in [4.69, 9.17) is 69.5 Å². The smallest absolute Gasteiger partial charge is 0.222 e. The molecule has 4 aromatic rings. The minimum Gasteiger partial charge on any atom is -0.368 e. The number of nitrogens with one attached hydrogen (secondary N) is 1. The monoisotopic (exact) mass is 661 g/mol. The average Bonchev–Trinajstić information content (AvgIpc) is 2.90. The van der Waals surface area contributed by atoms with Gasteiger partial charge in [-0.3, -0.25) is 0 Å². The van der Waals surface area contributed by atoms with Gasteiger partial charge in [0.05, 0.1) is 31.5 Å². The van der Waals surface area contributed by atoms with Crippen molar-refractivity contribution in [3.05, 3.63) is 73.8 Å². The van der Waals surface area contributed by atoms with Crippen LogP contribution in [0.25, 0.3) is 22.5 Å². The summed E-state index contributed by atoms with van der Waals surface area (Å²) < 4.78 is 0. The van der Waals surface area contributed by atoms with E-state index in [-0.39, 0.29) is 22.6 Å². The Morgan fingerprint density at radius 1 is 0.643 bits per heavy atom. The Kier molecular flexibility index (Phi) is 8.33. The minimum atomic E-state index is 0.0959. The number of hydrogen-bond acceptors (Lipinski definition) is 7. The Morgan fingerprint density at radius 3 is 1.62 bits per heavy atom. The van der Waals surface area contributed by atoms with Crippen LogP contribution < -0.4 is 16.8 Å². The molecule has 0 radical (unpaired) electrons. The van der Waals surface area contributed by atoms with Crippen molar-refractivity contribution < 1.29 is 0 Å². The van der Waals surface area contributed by atoms with Crippen LogP contribution in [0.5, 0.6) is 0 Å². The van der Waals surface area contributed by atoms with E-state index in [2.05, 4.69) is 25.3 Å². The molecule has 4 aliphatic carbocycles. The van der Waals surface area contributed by atoms with Gasteiger partial charge in [-0.1, -0.05) is 82.3 Å². The van der Waals surface area contributed by atoms with Crippen LogP contribution in [0, 0.1) is 17.8 Å². The van der Waals surface area contributed by atoms with E-state index in [9.17, 15) is 0 Å². The van der Waals surface area contributed by atoms with Crippen LogP contribution in [-0.4, -0.2) is 25.5 Å². The zero-order valence-corrected chi connectivity index (χ0v) is 26.2. The molecule has 2 aromatic carbocycles. The van der Waals surface area contributed by atoms with E-state index in [1.54, 1.807) is 30.3 Å². The predicted octanol–water partition coefficient (Wildman–Crippen LogP) is 9.10. The molecule has 4 bridgehead atoms. The van der Waals surface area contributed by atoms with Gasteiger partial charge < -0.3 is 16.8 Å². The molecule has 7 nitrogen and oxygen atoms in total. The van der Waals surface area contributed by atoms with Crippen molar-refractivity contribution in [2.75, 3.05) is 16.8 Å². The number of nitrogens with zero attached hydrogens (tertiary/aromatic N) is 4. The number of anilines is 3. The number of nitrogens with two attached hydrogens (primary N) is 2. The molecular formula is C30H28Cl5N7. The van der Waals surface area contributed by atoms with Gasteiger partial charge in [0.2, 0.25) is 11.9 Å². The fraction of sp³-hybridized carbons (Fsp3) is 0.333. The lowest BCUT2D eigenvalue weighted by atomic mass is 9.53. The lowest BCUT2D eigenvalue weighted by Crippen LogP contribution is -2.54. The van der Waals surface area contributed by atoms with Gasteiger partial charge in [-0.05, 0) is 68.4 Å². The summed E-state index contributed by atoms with van der Waals surface area (Å²) in [5.74, 6) is 3.76. The number of aromatic nitrogens is 4. The maximum absolute atomic E-state index is 6.38. The number of nitrogen functional groups attached to an aromatic ring is 2. The molecule has 4 aliphatic rings. The highest BCUT2D eigenvalue weighted by Crippen LogP contribution is 2.56. The summed E-state index contributed by atoms with van der Waals surface area (Å²) in [4.78, 5) is 16.7. The third-order valence-corrected chi connectivity index (χ3v) is 10.2. The minimum absolute atomic E-state index is 0.0959. The van der Waals surface area contributed by atoms with Gasteiger partial charge in [-0.25, -0.2) is 15.0 Å². The number of rotatable bonds is 4. The van der Waals surface area contributed by atoms with E-state index < -0.39 is 0 Å². The Bertz CT molecular complexity index is 1590. The first-order valence-electron chi connectivity index (χ1n) is 13.7. The van der Waals surface area contributed by atoms with E-state index in [0.717, 1.165) is 29.1 Å². The van der Waals surface area contributed by atoms with Gasteiger partial charge in [0, 0.05) is 28.8 Å². The molecule has 2 heterocycles. The Morgan fingerprint density at radius 2 is 1.12 bits per heavy atom. The van der Waals surface area contributed by atoms with Crippen molar-refractivity contribution in [2.45, 2.75) is 44.1 Å². The molecule has 0 aliphatic heterocycles. The Labute approximate surface area is 269 Å². The van der Waals surface area contributed by atoms with Crippen LogP contribution in [-0.2, 0) is 0 Å². The quantitative estimate of drug-likeness (QED) is 0.187. The maximum Gasteiger partial charge on any atom is 0.222 e. The molecular weight excluding hydrogens is 636 g/mol. The maximum atomic E-state index is 6.38. The fourth-order valence-electron chi connectivity index (χ4n) is 7.18. The second kappa shape index (κ2) is 11.9. The van der Waals surface area contributed by atoms with Crippen molar-refractivity contribution in [3.63, 3.8) is 0 Å². The SMILES string of the molecule is Nc1nc(Cl)cc(-c2cccc(Cl)c2Cl)n1.Nc1nc(NC23CC4CC(CC(C4)C2)C3)cc(-c2cccc(Cl)c2Cl)n1. The highest BCUT2D eigenvalue weighted by molar-refractivity contribution is 6.44. The molecule has 0 unspecified atom stereocenters. The Hall–Kier alpha value is -2.55. The fourth-order valence-corrected chi connectivity index (χ4v) is 8.16. The van der Waals surface area contributed by atoms with E-state index in [0.29, 0.717) is 37.0 Å². The lowest BCUT2D eigenvalue weighted by Gasteiger charge is -2.57. The molecule has 2 aromatic heterocycles. The molecule has 5 N–H and O–H groups in total. The van der Waals surface area contributed by atoms with Gasteiger partial charge in [0.15, 0.2) is 0 Å². The summed E-state index contributed by atoms with van der Waals surface area (Å²) in [7, 11) is 0. The molecule has 8 rings (SSSR count). The highest BCUT2D eigenvalue weighted by Gasteiger charge is 2.51. The predicted molar refractivity (Wildman–Crippen MR) is 173 cm³/mol. The topological polar surface area (TPSA) is 116 Å². The summed E-state index contributed by atoms with van der Waals surface area (Å²) in [6.45, 7) is 0. The van der Waals surface area contributed by atoms with Crippen molar-refractivity contribution >= 4 is 75.7 Å². The molecule has 42 heavy (non-hydrogen) atoms. The van der Waals surface area contributed by atoms with Crippen molar-refractivity contribution in [3.8, 4) is 22.5 Å². The van der Waals surface area contributed by atoms with Crippen LogP contribution >= 0.6 is 58.0 Å². The molecule has 0 atom stereocenters. The zero-order valence-electron chi connectivity index (χ0n) is 22.4. The first kappa shape index (κ1) is 29.5. The molecule has 4 fully saturated rings. The molecule has 4 saturated carbocycles. The molecule has 0 saturated heterocycles. The van der Waals surface area contributed by atoms with Crippen LogP contribution in [0.15, 0.2) is 48.5 Å². The number of halogens is 5. The normalized spacial score (nSPS) is 23.8. The average molecular weight is 664 g/mol. The summed E-state index contributed by atoms with van der Waals surface area (Å²) >= 11 is 30.3. The van der Waals surface area contributed by atoms with Crippen molar-refractivity contribution in [1.82, 2.24) is 19.9 Å². The first-order valence-corrected chi connectivity index (χ1v) is 15.6. The van der Waals surface area contributed by atoms with Gasteiger partial charge in [0.1, 0.15) is 11.0 Å². The van der Waals surface area contributed by atoms with Gasteiger partial charge in [0.25, 0.3) is 0 Å². The van der Waals surface area contributed by atoms with Gasteiger partial charge in [-0.2, -0.15) is 4.98 Å². The van der Waals surface area contributed by atoms with Gasteiger partial charge >= 0.3 is 0 Å². The largest absolute Gasteiger partial charge is 0.368 e. The summed E-state index contributed by atoms with van der Waals surface area (Å²) in [6.07, 6.45) is 7.98. The van der Waals surface area contributed by atoms with Crippen LogP contribution in [0.1, 0.15) is 38.5 Å². The summed E-state index contributed by atoms with van der Waals surface area (Å²) in [5, 5.41) is 5.90. The first-order chi connectivity index (χ1) is 20.1. The van der Waals surface area contributed by atoms with Crippen molar-refractivity contribution in [1.29, 1.82) is 0 Å². The third-order valence-electron chi connectivity index (χ3n) is 8.34. The van der Waals surface area contributed by atoms with E-state index in [1.165, 1.54) is 38.5 Å². The molecule has 218 valence electrons. The summed E-state index contributed by atoms with van der Waals surface area (Å²) in [6, 6.07) is 14.3. The molecule has 0 amide bonds. The van der Waals surface area contributed by atoms with Crippen molar-refractivity contribution in [2.24, 2.45) is 17.8 Å². The second-order valence-corrected chi connectivity index (χ2v) is 13.4. The molecule has 0 spiro atoms. The van der Waals surface area contributed by atoms with Crippen LogP contribution in [0.2, 0.25) is 25.2 Å². The summed E-state index contributed by atoms with van der Waals surface area (Å²) in [5.41, 5.74) is 14.4. The molecule has 12 heteroatoms. The number of benzene rings is 2. The van der Waals surface area contributed by atoms with Gasteiger partial charge in [-0.15, -0.1) is 0 Å². The standard InChI is InChI=1S/C20H22Cl2N4.C10H6Cl3N3/c21-15-3-1-2-14(18(15)22)16-7-17(25-19(23)24-16)26-20-8-11-4-12(9-20)6-13(5-11)10-20;11-6-3-1-2-5(9(6)13)7-4-8(12)16-10(14)15-7/h1-3,7,11-13H,4-6,8-10H2,(H3,23,24,25,26);1-4H,(H2,14,15,16). The van der Waals surface area contributed by atoms with Crippen LogP contribution in [0.3, 0.4) is 0 Å². The second-order valence-electron chi connectivity index (χ2n) is 11.5. The Balaban J connectivity index is 0.000000170. The zero-order chi connectivity index (χ0) is 29.6. The number of hydrogen-bond donors (Lipinski definition) is 3. The lowest BCUT2D eigenvalue weighted by molar-refractivity contribution is 0.0105.